The lowest BCUT2D eigenvalue weighted by atomic mass is 10.1. The van der Waals surface area contributed by atoms with Crippen molar-refractivity contribution in [2.75, 3.05) is 11.9 Å². The minimum absolute atomic E-state index is 0.120. The molecule has 168 valence electrons. The lowest BCUT2D eigenvalue weighted by Gasteiger charge is -2.24. The molecule has 0 unspecified atom stereocenters. The fourth-order valence-corrected chi connectivity index (χ4v) is 5.91. The molecule has 33 heavy (non-hydrogen) atoms. The summed E-state index contributed by atoms with van der Waals surface area (Å²) in [6.07, 6.45) is 1.06. The van der Waals surface area contributed by atoms with Gasteiger partial charge in [-0.05, 0) is 61.4 Å². The zero-order chi connectivity index (χ0) is 23.0. The highest BCUT2D eigenvalue weighted by atomic mass is 35.5. The summed E-state index contributed by atoms with van der Waals surface area (Å²) in [5.74, 6) is 0.262. The molecule has 5 rings (SSSR count). The molecule has 1 aromatic heterocycles. The summed E-state index contributed by atoms with van der Waals surface area (Å²) < 4.78 is 27.7. The summed E-state index contributed by atoms with van der Waals surface area (Å²) in [7, 11) is -3.83. The Bertz CT molecular complexity index is 1400. The average Bonchev–Trinajstić information content (AvgIpc) is 3.47. The van der Waals surface area contributed by atoms with Gasteiger partial charge in [-0.2, -0.15) is 4.31 Å². The maximum atomic E-state index is 13.2. The minimum atomic E-state index is -3.83. The van der Waals surface area contributed by atoms with Crippen molar-refractivity contribution in [2.45, 2.75) is 23.8 Å². The van der Waals surface area contributed by atoms with E-state index in [1.54, 1.807) is 6.07 Å². The maximum absolute atomic E-state index is 13.2. The first-order valence-corrected chi connectivity index (χ1v) is 12.4. The lowest BCUT2D eigenvalue weighted by Crippen LogP contribution is -2.43. The Labute approximate surface area is 196 Å². The van der Waals surface area contributed by atoms with E-state index in [2.05, 4.69) is 15.3 Å². The number of rotatable bonds is 5. The summed E-state index contributed by atoms with van der Waals surface area (Å²) in [6, 6.07) is 20.2. The van der Waals surface area contributed by atoms with Crippen LogP contribution in [0.15, 0.2) is 77.7 Å². The molecule has 1 saturated heterocycles. The van der Waals surface area contributed by atoms with E-state index in [-0.39, 0.29) is 17.3 Å². The molecule has 1 atom stereocenters. The Kier molecular flexibility index (Phi) is 5.65. The van der Waals surface area contributed by atoms with Crippen LogP contribution in [0.5, 0.6) is 0 Å². The molecule has 1 fully saturated rings. The predicted molar refractivity (Wildman–Crippen MR) is 129 cm³/mol. The molecule has 1 aliphatic heterocycles. The van der Waals surface area contributed by atoms with E-state index < -0.39 is 16.1 Å². The molecule has 0 radical (unpaired) electrons. The summed E-state index contributed by atoms with van der Waals surface area (Å²) in [6.45, 7) is 0.286. The Morgan fingerprint density at radius 2 is 1.76 bits per heavy atom. The fraction of sp³-hybridized carbons (Fsp3) is 0.167. The first-order valence-electron chi connectivity index (χ1n) is 10.6. The zero-order valence-electron chi connectivity index (χ0n) is 17.5. The third-order valence-corrected chi connectivity index (χ3v) is 7.93. The van der Waals surface area contributed by atoms with Crippen molar-refractivity contribution >= 4 is 44.3 Å². The maximum Gasteiger partial charge on any atom is 0.243 e. The topological polar surface area (TPSA) is 95.2 Å². The standard InChI is InChI=1S/C24H21ClN4O3S/c25-16-11-13-17(14-12-16)33(31,32)29-15-5-10-22(29)24(30)28-19-7-2-1-6-18(19)23-26-20-8-3-4-9-21(20)27-23/h1-4,6-9,11-14,22H,5,10,15H2,(H,26,27)(H,28,30)/t22-/m1/s1. The van der Waals surface area contributed by atoms with E-state index in [0.717, 1.165) is 16.6 Å². The van der Waals surface area contributed by atoms with Gasteiger partial charge in [0.2, 0.25) is 15.9 Å². The Morgan fingerprint density at radius 3 is 2.55 bits per heavy atom. The Morgan fingerprint density at radius 1 is 1.03 bits per heavy atom. The van der Waals surface area contributed by atoms with Crippen molar-refractivity contribution in [1.82, 2.24) is 14.3 Å². The fourth-order valence-electron chi connectivity index (χ4n) is 4.13. The van der Waals surface area contributed by atoms with Crippen molar-refractivity contribution in [3.8, 4) is 11.4 Å². The number of halogens is 1. The van der Waals surface area contributed by atoms with Crippen LogP contribution in [0.2, 0.25) is 5.02 Å². The number of sulfonamides is 1. The second-order valence-electron chi connectivity index (χ2n) is 7.87. The minimum Gasteiger partial charge on any atom is -0.338 e. The second-order valence-corrected chi connectivity index (χ2v) is 10.2. The molecule has 0 saturated carbocycles. The molecule has 9 heteroatoms. The van der Waals surface area contributed by atoms with Gasteiger partial charge in [-0.3, -0.25) is 4.79 Å². The van der Waals surface area contributed by atoms with E-state index >= 15 is 0 Å². The number of nitrogens with one attached hydrogen (secondary N) is 2. The molecule has 7 nitrogen and oxygen atoms in total. The van der Waals surface area contributed by atoms with Crippen LogP contribution in [-0.2, 0) is 14.8 Å². The van der Waals surface area contributed by atoms with Crippen LogP contribution in [-0.4, -0.2) is 41.2 Å². The number of H-pyrrole nitrogens is 1. The SMILES string of the molecule is O=C(Nc1ccccc1-c1nc2ccccc2[nH]1)[C@H]1CCCN1S(=O)(=O)c1ccc(Cl)cc1. The monoisotopic (exact) mass is 480 g/mol. The van der Waals surface area contributed by atoms with Crippen LogP contribution in [0.4, 0.5) is 5.69 Å². The predicted octanol–water partition coefficient (Wildman–Crippen LogP) is 4.68. The Balaban J connectivity index is 1.42. The van der Waals surface area contributed by atoms with Gasteiger partial charge in [0, 0.05) is 17.1 Å². The number of nitrogens with zero attached hydrogens (tertiary/aromatic N) is 2. The first kappa shape index (κ1) is 21.6. The molecule has 3 aromatic carbocycles. The number of aromatic amines is 1. The number of imidazole rings is 1. The molecule has 4 aromatic rings. The van der Waals surface area contributed by atoms with Crippen LogP contribution in [0.3, 0.4) is 0 Å². The van der Waals surface area contributed by atoms with E-state index in [4.69, 9.17) is 11.6 Å². The molecule has 1 aliphatic rings. The van der Waals surface area contributed by atoms with Gasteiger partial charge < -0.3 is 10.3 Å². The van der Waals surface area contributed by atoms with Crippen LogP contribution in [0, 0.1) is 0 Å². The van der Waals surface area contributed by atoms with Gasteiger partial charge in [0.1, 0.15) is 11.9 Å². The van der Waals surface area contributed by atoms with Crippen molar-refractivity contribution in [1.29, 1.82) is 0 Å². The molecular weight excluding hydrogens is 460 g/mol. The van der Waals surface area contributed by atoms with Gasteiger partial charge in [0.25, 0.3) is 0 Å². The third-order valence-electron chi connectivity index (χ3n) is 5.76. The van der Waals surface area contributed by atoms with Crippen molar-refractivity contribution < 1.29 is 13.2 Å². The molecule has 0 spiro atoms. The number of hydrogen-bond donors (Lipinski definition) is 2. The van der Waals surface area contributed by atoms with Crippen molar-refractivity contribution in [3.63, 3.8) is 0 Å². The highest BCUT2D eigenvalue weighted by Crippen LogP contribution is 2.31. The molecule has 0 bridgehead atoms. The zero-order valence-corrected chi connectivity index (χ0v) is 19.1. The number of anilines is 1. The van der Waals surface area contributed by atoms with Crippen LogP contribution in [0.1, 0.15) is 12.8 Å². The second kappa shape index (κ2) is 8.62. The third kappa shape index (κ3) is 4.13. The molecule has 2 heterocycles. The normalized spacial score (nSPS) is 16.8. The lowest BCUT2D eigenvalue weighted by molar-refractivity contribution is -0.119. The Hall–Kier alpha value is -3.20. The summed E-state index contributed by atoms with van der Waals surface area (Å²) in [4.78, 5) is 21.3. The molecule has 0 aliphatic carbocycles. The van der Waals surface area contributed by atoms with Gasteiger partial charge in [0.05, 0.1) is 21.6 Å². The van der Waals surface area contributed by atoms with E-state index in [9.17, 15) is 13.2 Å². The van der Waals surface area contributed by atoms with Gasteiger partial charge in [0.15, 0.2) is 0 Å². The number of aromatic nitrogens is 2. The average molecular weight is 481 g/mol. The molecule has 2 N–H and O–H groups in total. The van der Waals surface area contributed by atoms with Gasteiger partial charge >= 0.3 is 0 Å². The van der Waals surface area contributed by atoms with E-state index in [0.29, 0.717) is 29.4 Å². The van der Waals surface area contributed by atoms with Crippen molar-refractivity contribution in [2.24, 2.45) is 0 Å². The number of fused-ring (bicyclic) bond motifs is 1. The number of carbonyl (C=O) groups is 1. The van der Waals surface area contributed by atoms with Crippen LogP contribution in [0.25, 0.3) is 22.4 Å². The van der Waals surface area contributed by atoms with Crippen molar-refractivity contribution in [3.05, 3.63) is 77.8 Å². The molecule has 1 amide bonds. The largest absolute Gasteiger partial charge is 0.338 e. The number of amides is 1. The number of carbonyl (C=O) groups excluding carboxylic acids is 1. The van der Waals surface area contributed by atoms with Gasteiger partial charge in [-0.25, -0.2) is 13.4 Å². The first-order chi connectivity index (χ1) is 15.9. The van der Waals surface area contributed by atoms with E-state index in [1.165, 1.54) is 28.6 Å². The highest BCUT2D eigenvalue weighted by Gasteiger charge is 2.39. The van der Waals surface area contributed by atoms with Crippen LogP contribution < -0.4 is 5.32 Å². The van der Waals surface area contributed by atoms with Crippen LogP contribution >= 0.6 is 11.6 Å². The number of para-hydroxylation sites is 3. The van der Waals surface area contributed by atoms with Gasteiger partial charge in [-0.1, -0.05) is 35.9 Å². The smallest absolute Gasteiger partial charge is 0.243 e. The number of hydrogen-bond acceptors (Lipinski definition) is 4. The highest BCUT2D eigenvalue weighted by molar-refractivity contribution is 7.89. The summed E-state index contributed by atoms with van der Waals surface area (Å²) >= 11 is 5.90. The summed E-state index contributed by atoms with van der Waals surface area (Å²) in [5.41, 5.74) is 3.01. The quantitative estimate of drug-likeness (QED) is 0.433. The van der Waals surface area contributed by atoms with E-state index in [1.807, 2.05) is 42.5 Å². The van der Waals surface area contributed by atoms with Gasteiger partial charge in [-0.15, -0.1) is 0 Å². The summed E-state index contributed by atoms with van der Waals surface area (Å²) in [5, 5.41) is 3.38. The molecular formula is C24H21ClN4O3S. The number of benzene rings is 3.